The van der Waals surface area contributed by atoms with Crippen molar-refractivity contribution in [3.63, 3.8) is 0 Å². The zero-order chi connectivity index (χ0) is 24.6. The zero-order valence-corrected chi connectivity index (χ0v) is 20.8. The van der Waals surface area contributed by atoms with Crippen LogP contribution in [-0.2, 0) is 11.3 Å². The predicted molar refractivity (Wildman–Crippen MR) is 137 cm³/mol. The molecule has 7 nitrogen and oxygen atoms in total. The first kappa shape index (κ1) is 23.7. The second kappa shape index (κ2) is 9.55. The molecule has 1 saturated heterocycles. The van der Waals surface area contributed by atoms with Crippen LogP contribution in [-0.4, -0.2) is 54.9 Å². The van der Waals surface area contributed by atoms with E-state index in [-0.39, 0.29) is 6.04 Å². The number of hydrogen-bond acceptors (Lipinski definition) is 5. The van der Waals surface area contributed by atoms with E-state index in [1.54, 1.807) is 26.4 Å². The van der Waals surface area contributed by atoms with Gasteiger partial charge in [-0.25, -0.2) is 4.79 Å². The van der Waals surface area contributed by atoms with Gasteiger partial charge in [0.05, 0.1) is 19.3 Å². The Morgan fingerprint density at radius 2 is 2.06 bits per heavy atom. The predicted octanol–water partition coefficient (Wildman–Crippen LogP) is 5.36. The first-order valence-electron chi connectivity index (χ1n) is 12.4. The monoisotopic (exact) mass is 477 g/mol. The Morgan fingerprint density at radius 1 is 1.23 bits per heavy atom. The lowest BCUT2D eigenvalue weighted by Crippen LogP contribution is -2.37. The van der Waals surface area contributed by atoms with Crippen LogP contribution in [0.2, 0.25) is 0 Å². The normalized spacial score (nSPS) is 19.2. The molecule has 7 heteroatoms. The number of aromatic nitrogens is 1. The number of hydrogen-bond donors (Lipinski definition) is 3. The van der Waals surface area contributed by atoms with Crippen molar-refractivity contribution in [2.45, 2.75) is 45.2 Å². The number of carboxylic acids is 1. The Morgan fingerprint density at radius 3 is 2.77 bits per heavy atom. The quantitative estimate of drug-likeness (QED) is 0.360. The lowest BCUT2D eigenvalue weighted by atomic mass is 9.83. The van der Waals surface area contributed by atoms with E-state index in [0.29, 0.717) is 24.1 Å². The van der Waals surface area contributed by atoms with Gasteiger partial charge in [0.2, 0.25) is 0 Å². The molecule has 1 aliphatic carbocycles. The number of piperidine rings is 1. The standard InChI is InChI=1S/C28H35N3O4/c1-18-14-25(35-3)22(20-6-10-30-26(18)20)17-31-12-9-28(7-8-28)16-24(31)21-5-4-19(27(32)33)15-23(21)29-11-13-34-2/h4-6,10,14-15,24,29-30H,7-9,11-13,16-17H2,1-3H3,(H,32,33)/t24-/m1/s1. The zero-order valence-electron chi connectivity index (χ0n) is 20.8. The summed E-state index contributed by atoms with van der Waals surface area (Å²) in [5.41, 5.74) is 6.30. The van der Waals surface area contributed by atoms with Gasteiger partial charge in [-0.15, -0.1) is 0 Å². The summed E-state index contributed by atoms with van der Waals surface area (Å²) in [5, 5.41) is 14.3. The van der Waals surface area contributed by atoms with Gasteiger partial charge in [0.25, 0.3) is 0 Å². The van der Waals surface area contributed by atoms with Crippen molar-refractivity contribution < 1.29 is 19.4 Å². The SMILES string of the molecule is COCCNc1cc(C(=O)O)ccc1[C@H]1CC2(CCN1Cc1c(OC)cc(C)c3[nH]ccc13)CC2. The maximum atomic E-state index is 11.7. The number of methoxy groups -OCH3 is 2. The molecule has 35 heavy (non-hydrogen) atoms. The second-order valence-electron chi connectivity index (χ2n) is 10.1. The van der Waals surface area contributed by atoms with Crippen LogP contribution in [0.25, 0.3) is 10.9 Å². The van der Waals surface area contributed by atoms with Crippen LogP contribution in [0.15, 0.2) is 36.5 Å². The fourth-order valence-corrected chi connectivity index (χ4v) is 5.71. The highest BCUT2D eigenvalue weighted by molar-refractivity contribution is 5.89. The Bertz CT molecular complexity index is 1230. The molecular weight excluding hydrogens is 442 g/mol. The number of fused-ring (bicyclic) bond motifs is 1. The van der Waals surface area contributed by atoms with Gasteiger partial charge >= 0.3 is 5.97 Å². The molecule has 1 aliphatic heterocycles. The molecule has 3 N–H and O–H groups in total. The van der Waals surface area contributed by atoms with E-state index >= 15 is 0 Å². The number of nitrogens with zero attached hydrogens (tertiary/aromatic N) is 1. The summed E-state index contributed by atoms with van der Waals surface area (Å²) < 4.78 is 11.1. The van der Waals surface area contributed by atoms with Gasteiger partial charge in [-0.1, -0.05) is 6.07 Å². The number of benzene rings is 2. The average Bonchev–Trinajstić information content (AvgIpc) is 3.41. The number of carbonyl (C=O) groups is 1. The molecule has 2 aromatic carbocycles. The van der Waals surface area contributed by atoms with E-state index in [0.717, 1.165) is 42.0 Å². The Labute approximate surface area is 206 Å². The molecule has 0 bridgehead atoms. The first-order chi connectivity index (χ1) is 16.9. The van der Waals surface area contributed by atoms with E-state index < -0.39 is 5.97 Å². The highest BCUT2D eigenvalue weighted by atomic mass is 16.5. The Balaban J connectivity index is 1.53. The van der Waals surface area contributed by atoms with Crippen molar-refractivity contribution in [2.75, 3.05) is 39.2 Å². The first-order valence-corrected chi connectivity index (χ1v) is 12.4. The molecular formula is C28H35N3O4. The van der Waals surface area contributed by atoms with E-state index in [9.17, 15) is 9.90 Å². The maximum absolute atomic E-state index is 11.7. The lowest BCUT2D eigenvalue weighted by Gasteiger charge is -2.41. The number of nitrogens with one attached hydrogen (secondary N) is 2. The number of anilines is 1. The topological polar surface area (TPSA) is 86.8 Å². The van der Waals surface area contributed by atoms with Crippen molar-refractivity contribution in [3.05, 3.63) is 58.8 Å². The third-order valence-corrected chi connectivity index (χ3v) is 7.93. The summed E-state index contributed by atoms with van der Waals surface area (Å²) in [6.45, 7) is 5.07. The van der Waals surface area contributed by atoms with Crippen molar-refractivity contribution >= 4 is 22.6 Å². The summed E-state index contributed by atoms with van der Waals surface area (Å²) in [6, 6.07) is 9.98. The number of carboxylic acid groups (broad SMARTS) is 1. The highest BCUT2D eigenvalue weighted by Crippen LogP contribution is 2.59. The summed E-state index contributed by atoms with van der Waals surface area (Å²) >= 11 is 0. The van der Waals surface area contributed by atoms with Crippen LogP contribution in [0.3, 0.4) is 0 Å². The fourth-order valence-electron chi connectivity index (χ4n) is 5.71. The molecule has 186 valence electrons. The molecule has 5 rings (SSSR count). The van der Waals surface area contributed by atoms with Crippen LogP contribution in [0, 0.1) is 12.3 Å². The van der Waals surface area contributed by atoms with E-state index in [4.69, 9.17) is 9.47 Å². The lowest BCUT2D eigenvalue weighted by molar-refractivity contribution is 0.0696. The smallest absolute Gasteiger partial charge is 0.335 e. The second-order valence-corrected chi connectivity index (χ2v) is 10.1. The maximum Gasteiger partial charge on any atom is 0.335 e. The van der Waals surface area contributed by atoms with Gasteiger partial charge in [-0.2, -0.15) is 0 Å². The van der Waals surface area contributed by atoms with E-state index in [1.807, 2.05) is 12.3 Å². The molecule has 2 heterocycles. The molecule has 2 fully saturated rings. The van der Waals surface area contributed by atoms with Crippen molar-refractivity contribution in [2.24, 2.45) is 5.41 Å². The molecule has 2 aliphatic rings. The molecule has 1 aromatic heterocycles. The minimum atomic E-state index is -0.912. The Kier molecular flexibility index (Phi) is 6.47. The van der Waals surface area contributed by atoms with Gasteiger partial charge in [-0.05, 0) is 80.0 Å². The average molecular weight is 478 g/mol. The third-order valence-electron chi connectivity index (χ3n) is 7.93. The fraction of sp³-hybridized carbons (Fsp3) is 0.464. The van der Waals surface area contributed by atoms with Gasteiger partial charge in [0.1, 0.15) is 5.75 Å². The summed E-state index contributed by atoms with van der Waals surface area (Å²) in [5.74, 6) is 0.00414. The van der Waals surface area contributed by atoms with Crippen LogP contribution >= 0.6 is 0 Å². The van der Waals surface area contributed by atoms with Crippen molar-refractivity contribution in [3.8, 4) is 5.75 Å². The molecule has 0 radical (unpaired) electrons. The largest absolute Gasteiger partial charge is 0.496 e. The van der Waals surface area contributed by atoms with Gasteiger partial charge in [-0.3, -0.25) is 4.90 Å². The number of likely N-dealkylation sites (tertiary alicyclic amines) is 1. The molecule has 1 atom stereocenters. The van der Waals surface area contributed by atoms with Gasteiger partial charge in [0.15, 0.2) is 0 Å². The van der Waals surface area contributed by atoms with Crippen LogP contribution in [0.5, 0.6) is 5.75 Å². The molecule has 1 saturated carbocycles. The molecule has 0 amide bonds. The number of aromatic carboxylic acids is 1. The van der Waals surface area contributed by atoms with Gasteiger partial charge in [0, 0.05) is 54.6 Å². The highest BCUT2D eigenvalue weighted by Gasteiger charge is 2.48. The minimum Gasteiger partial charge on any atom is -0.496 e. The van der Waals surface area contributed by atoms with E-state index in [1.165, 1.54) is 35.8 Å². The number of aryl methyl sites for hydroxylation is 1. The van der Waals surface area contributed by atoms with Crippen LogP contribution < -0.4 is 10.1 Å². The molecule has 1 spiro atoms. The number of rotatable bonds is 9. The number of aromatic amines is 1. The molecule has 0 unspecified atom stereocenters. The Hall–Kier alpha value is -3.03. The van der Waals surface area contributed by atoms with Crippen molar-refractivity contribution in [1.29, 1.82) is 0 Å². The van der Waals surface area contributed by atoms with Gasteiger partial charge < -0.3 is 24.9 Å². The third kappa shape index (κ3) is 4.62. The van der Waals surface area contributed by atoms with E-state index in [2.05, 4.69) is 34.3 Å². The van der Waals surface area contributed by atoms with Crippen molar-refractivity contribution in [1.82, 2.24) is 9.88 Å². The van der Waals surface area contributed by atoms with Crippen LogP contribution in [0.4, 0.5) is 5.69 Å². The summed E-state index contributed by atoms with van der Waals surface area (Å²) in [6.07, 6.45) is 6.85. The molecule has 3 aromatic rings. The summed E-state index contributed by atoms with van der Waals surface area (Å²) in [4.78, 5) is 17.6. The number of H-pyrrole nitrogens is 1. The van der Waals surface area contributed by atoms with Crippen LogP contribution in [0.1, 0.15) is 58.8 Å². The summed E-state index contributed by atoms with van der Waals surface area (Å²) in [7, 11) is 3.42. The minimum absolute atomic E-state index is 0.194. The number of ether oxygens (including phenoxy) is 2.